The highest BCUT2D eigenvalue weighted by Gasteiger charge is 2.18. The van der Waals surface area contributed by atoms with E-state index in [1.54, 1.807) is 11.8 Å². The Labute approximate surface area is 154 Å². The number of anilines is 1. The molecule has 4 nitrogen and oxygen atoms in total. The van der Waals surface area contributed by atoms with E-state index in [0.29, 0.717) is 13.1 Å². The first kappa shape index (κ1) is 17.8. The van der Waals surface area contributed by atoms with Crippen LogP contribution in [0.25, 0.3) is 0 Å². The predicted octanol–water partition coefficient (Wildman–Crippen LogP) is 2.72. The van der Waals surface area contributed by atoms with Crippen molar-refractivity contribution in [2.45, 2.75) is 4.90 Å². The van der Waals surface area contributed by atoms with E-state index >= 15 is 0 Å². The second kappa shape index (κ2) is 9.49. The number of nitrogens with one attached hydrogen (secondary N) is 1. The fourth-order valence-corrected chi connectivity index (χ4v) is 3.73. The zero-order valence-corrected chi connectivity index (χ0v) is 15.3. The number of nitrogens with zero attached hydrogens (tertiary/aromatic N) is 2. The second-order valence-electron chi connectivity index (χ2n) is 6.11. The van der Waals surface area contributed by atoms with E-state index in [9.17, 15) is 4.79 Å². The third-order valence-corrected chi connectivity index (χ3v) is 5.31. The fourth-order valence-electron chi connectivity index (χ4n) is 2.94. The van der Waals surface area contributed by atoms with Gasteiger partial charge in [0.05, 0.1) is 6.54 Å². The lowest BCUT2D eigenvalue weighted by molar-refractivity contribution is -0.122. The van der Waals surface area contributed by atoms with Crippen LogP contribution < -0.4 is 10.2 Å². The first-order valence-corrected chi connectivity index (χ1v) is 9.77. The van der Waals surface area contributed by atoms with Gasteiger partial charge in [0.2, 0.25) is 5.91 Å². The highest BCUT2D eigenvalue weighted by atomic mass is 32.2. The van der Waals surface area contributed by atoms with Gasteiger partial charge in [-0.15, -0.1) is 11.8 Å². The molecule has 3 rings (SSSR count). The highest BCUT2D eigenvalue weighted by Crippen LogP contribution is 2.16. The molecule has 0 spiro atoms. The monoisotopic (exact) mass is 355 g/mol. The minimum atomic E-state index is 0.127. The molecule has 2 aromatic rings. The van der Waals surface area contributed by atoms with Crippen LogP contribution in [0, 0.1) is 0 Å². The molecule has 0 bridgehead atoms. The molecule has 1 fully saturated rings. The molecule has 1 amide bonds. The number of thioether (sulfide) groups is 1. The Kier molecular flexibility index (Phi) is 6.77. The third kappa shape index (κ3) is 5.80. The normalized spacial score (nSPS) is 15.1. The van der Waals surface area contributed by atoms with E-state index in [0.717, 1.165) is 31.9 Å². The summed E-state index contributed by atoms with van der Waals surface area (Å²) in [6.45, 7) is 5.02. The molecule has 132 valence electrons. The minimum Gasteiger partial charge on any atom is -0.369 e. The van der Waals surface area contributed by atoms with E-state index < -0.39 is 0 Å². The molecular weight excluding hydrogens is 330 g/mol. The van der Waals surface area contributed by atoms with Crippen molar-refractivity contribution in [2.24, 2.45) is 0 Å². The quantitative estimate of drug-likeness (QED) is 0.612. The predicted molar refractivity (Wildman–Crippen MR) is 105 cm³/mol. The molecule has 0 unspecified atom stereocenters. The topological polar surface area (TPSA) is 35.6 Å². The van der Waals surface area contributed by atoms with Crippen LogP contribution in [0.5, 0.6) is 0 Å². The summed E-state index contributed by atoms with van der Waals surface area (Å²) in [7, 11) is 0. The molecule has 0 aliphatic carbocycles. The number of piperazine rings is 1. The number of hydrogen-bond donors (Lipinski definition) is 1. The maximum Gasteiger partial charge on any atom is 0.234 e. The van der Waals surface area contributed by atoms with Crippen LogP contribution in [0.15, 0.2) is 65.6 Å². The van der Waals surface area contributed by atoms with Crippen LogP contribution in [0.2, 0.25) is 0 Å². The van der Waals surface area contributed by atoms with Gasteiger partial charge in [0, 0.05) is 49.1 Å². The molecule has 1 aliphatic heterocycles. The Morgan fingerprint density at radius 3 is 2.24 bits per heavy atom. The maximum absolute atomic E-state index is 12.1. The van der Waals surface area contributed by atoms with Gasteiger partial charge in [-0.3, -0.25) is 9.69 Å². The Morgan fingerprint density at radius 2 is 1.56 bits per heavy atom. The molecule has 1 heterocycles. The standard InChI is InChI=1S/C20H25N3OS/c24-20(21-11-16-25-19-9-5-2-6-10-19)17-22-12-14-23(15-13-22)18-7-3-1-4-8-18/h1-10H,11-17H2,(H,21,24). The molecular formula is C20H25N3OS. The molecule has 0 saturated carbocycles. The van der Waals surface area contributed by atoms with E-state index in [-0.39, 0.29) is 5.91 Å². The van der Waals surface area contributed by atoms with Crippen molar-refractivity contribution < 1.29 is 4.79 Å². The molecule has 2 aromatic carbocycles. The molecule has 0 atom stereocenters. The number of para-hydroxylation sites is 1. The van der Waals surface area contributed by atoms with E-state index in [4.69, 9.17) is 0 Å². The van der Waals surface area contributed by atoms with Gasteiger partial charge in [0.1, 0.15) is 0 Å². The van der Waals surface area contributed by atoms with E-state index in [1.807, 2.05) is 24.3 Å². The molecule has 25 heavy (non-hydrogen) atoms. The van der Waals surface area contributed by atoms with Gasteiger partial charge in [0.25, 0.3) is 0 Å². The average Bonchev–Trinajstić information content (AvgIpc) is 2.67. The van der Waals surface area contributed by atoms with Crippen LogP contribution >= 0.6 is 11.8 Å². The van der Waals surface area contributed by atoms with E-state index in [2.05, 4.69) is 51.5 Å². The minimum absolute atomic E-state index is 0.127. The van der Waals surface area contributed by atoms with Crippen molar-refractivity contribution in [3.8, 4) is 0 Å². The van der Waals surface area contributed by atoms with Crippen molar-refractivity contribution in [1.82, 2.24) is 10.2 Å². The summed E-state index contributed by atoms with van der Waals surface area (Å²) >= 11 is 1.77. The summed E-state index contributed by atoms with van der Waals surface area (Å²) in [4.78, 5) is 18.0. The van der Waals surface area contributed by atoms with Gasteiger partial charge in [-0.05, 0) is 24.3 Å². The average molecular weight is 356 g/mol. The van der Waals surface area contributed by atoms with Gasteiger partial charge >= 0.3 is 0 Å². The third-order valence-electron chi connectivity index (χ3n) is 4.30. The number of carbonyl (C=O) groups excluding carboxylic acids is 1. The van der Waals surface area contributed by atoms with Crippen LogP contribution in [0.4, 0.5) is 5.69 Å². The summed E-state index contributed by atoms with van der Waals surface area (Å²) in [5.74, 6) is 1.03. The van der Waals surface area contributed by atoms with Crippen molar-refractivity contribution in [1.29, 1.82) is 0 Å². The first-order chi connectivity index (χ1) is 12.3. The summed E-state index contributed by atoms with van der Waals surface area (Å²) < 4.78 is 0. The first-order valence-electron chi connectivity index (χ1n) is 8.78. The Hall–Kier alpha value is -1.98. The summed E-state index contributed by atoms with van der Waals surface area (Å²) in [5, 5.41) is 3.03. The van der Waals surface area contributed by atoms with Crippen molar-refractivity contribution in [2.75, 3.05) is 49.9 Å². The molecule has 5 heteroatoms. The molecule has 1 aliphatic rings. The van der Waals surface area contributed by atoms with Crippen LogP contribution in [0.1, 0.15) is 0 Å². The lowest BCUT2D eigenvalue weighted by Gasteiger charge is -2.35. The lowest BCUT2D eigenvalue weighted by Crippen LogP contribution is -2.49. The van der Waals surface area contributed by atoms with Gasteiger partial charge in [0.15, 0.2) is 0 Å². The molecule has 0 aromatic heterocycles. The number of rotatable bonds is 7. The number of benzene rings is 2. The van der Waals surface area contributed by atoms with Crippen LogP contribution in [-0.4, -0.2) is 55.8 Å². The highest BCUT2D eigenvalue weighted by molar-refractivity contribution is 7.99. The summed E-state index contributed by atoms with van der Waals surface area (Å²) in [5.41, 5.74) is 1.27. The van der Waals surface area contributed by atoms with Crippen LogP contribution in [-0.2, 0) is 4.79 Å². The SMILES string of the molecule is O=C(CN1CCN(c2ccccc2)CC1)NCCSc1ccccc1. The largest absolute Gasteiger partial charge is 0.369 e. The molecule has 0 radical (unpaired) electrons. The van der Waals surface area contributed by atoms with Crippen LogP contribution in [0.3, 0.4) is 0 Å². The number of hydrogen-bond acceptors (Lipinski definition) is 4. The summed E-state index contributed by atoms with van der Waals surface area (Å²) in [6, 6.07) is 20.8. The Bertz CT molecular complexity index is 643. The summed E-state index contributed by atoms with van der Waals surface area (Å²) in [6.07, 6.45) is 0. The molecule has 1 N–H and O–H groups in total. The lowest BCUT2D eigenvalue weighted by atomic mass is 10.2. The van der Waals surface area contributed by atoms with Gasteiger partial charge < -0.3 is 10.2 Å². The van der Waals surface area contributed by atoms with Gasteiger partial charge in [-0.1, -0.05) is 36.4 Å². The fraction of sp³-hybridized carbons (Fsp3) is 0.350. The Balaban J connectivity index is 1.31. The van der Waals surface area contributed by atoms with E-state index in [1.165, 1.54) is 10.6 Å². The second-order valence-corrected chi connectivity index (χ2v) is 7.28. The zero-order valence-electron chi connectivity index (χ0n) is 14.4. The maximum atomic E-state index is 12.1. The Morgan fingerprint density at radius 1 is 0.920 bits per heavy atom. The number of amides is 1. The van der Waals surface area contributed by atoms with Gasteiger partial charge in [-0.2, -0.15) is 0 Å². The number of carbonyl (C=O) groups is 1. The molecule has 1 saturated heterocycles. The zero-order chi connectivity index (χ0) is 17.3. The van der Waals surface area contributed by atoms with Gasteiger partial charge in [-0.25, -0.2) is 0 Å². The van der Waals surface area contributed by atoms with Crippen molar-refractivity contribution in [3.63, 3.8) is 0 Å². The smallest absolute Gasteiger partial charge is 0.234 e. The van der Waals surface area contributed by atoms with Crippen molar-refractivity contribution in [3.05, 3.63) is 60.7 Å². The van der Waals surface area contributed by atoms with Crippen molar-refractivity contribution >= 4 is 23.4 Å².